The van der Waals surface area contributed by atoms with E-state index < -0.39 is 0 Å². The van der Waals surface area contributed by atoms with E-state index in [4.69, 9.17) is 18.9 Å². The van der Waals surface area contributed by atoms with Gasteiger partial charge in [0.1, 0.15) is 5.76 Å². The van der Waals surface area contributed by atoms with E-state index >= 15 is 0 Å². The molecule has 0 radical (unpaired) electrons. The molecular formula is C20H27N3O3. The lowest BCUT2D eigenvalue weighted by molar-refractivity contribution is 0.174. The molecule has 0 fully saturated rings. The minimum atomic E-state index is -0.121. The van der Waals surface area contributed by atoms with Crippen LogP contribution in [0.2, 0.25) is 0 Å². The molecule has 0 unspecified atom stereocenters. The van der Waals surface area contributed by atoms with E-state index in [0.717, 1.165) is 42.7 Å². The smallest absolute Gasteiger partial charge is 0.231 e. The Morgan fingerprint density at radius 3 is 2.77 bits per heavy atom. The number of nitrogens with zero attached hydrogens (tertiary/aromatic N) is 1. The molecule has 1 aliphatic heterocycles. The van der Waals surface area contributed by atoms with Gasteiger partial charge in [0.05, 0.1) is 12.8 Å². The van der Waals surface area contributed by atoms with E-state index in [0.29, 0.717) is 13.3 Å². The van der Waals surface area contributed by atoms with Crippen molar-refractivity contribution in [3.63, 3.8) is 0 Å². The van der Waals surface area contributed by atoms with Gasteiger partial charge in [-0.25, -0.2) is 0 Å². The maximum atomic E-state index is 5.50. The van der Waals surface area contributed by atoms with E-state index in [-0.39, 0.29) is 5.41 Å². The first kappa shape index (κ1) is 18.2. The van der Waals surface area contributed by atoms with Gasteiger partial charge in [0.15, 0.2) is 17.5 Å². The number of furan rings is 1. The van der Waals surface area contributed by atoms with Gasteiger partial charge in [0.25, 0.3) is 0 Å². The average molecular weight is 357 g/mol. The first-order chi connectivity index (χ1) is 12.6. The Balaban J connectivity index is 1.61. The lowest BCUT2D eigenvalue weighted by atomic mass is 9.84. The Kier molecular flexibility index (Phi) is 5.71. The minimum Gasteiger partial charge on any atom is -0.469 e. The van der Waals surface area contributed by atoms with Gasteiger partial charge in [0, 0.05) is 24.9 Å². The first-order valence-electron chi connectivity index (χ1n) is 9.03. The summed E-state index contributed by atoms with van der Waals surface area (Å²) < 4.78 is 16.3. The highest BCUT2D eigenvalue weighted by Gasteiger charge is 2.24. The molecule has 140 valence electrons. The van der Waals surface area contributed by atoms with Gasteiger partial charge in [-0.15, -0.1) is 0 Å². The molecule has 1 aromatic carbocycles. The molecule has 26 heavy (non-hydrogen) atoms. The van der Waals surface area contributed by atoms with E-state index in [1.807, 2.05) is 18.2 Å². The molecule has 1 aromatic heterocycles. The number of nitrogens with one attached hydrogen (secondary N) is 2. The van der Waals surface area contributed by atoms with E-state index in [1.165, 1.54) is 5.56 Å². The van der Waals surface area contributed by atoms with Gasteiger partial charge in [-0.05, 0) is 36.8 Å². The monoisotopic (exact) mass is 357 g/mol. The number of rotatable bonds is 7. The number of aliphatic imine (C=N–C) groups is 1. The summed E-state index contributed by atoms with van der Waals surface area (Å²) in [4.78, 5) is 4.77. The minimum absolute atomic E-state index is 0.121. The fraction of sp³-hybridized carbons (Fsp3) is 0.450. The molecule has 0 amide bonds. The number of ether oxygens (including phenoxy) is 2. The third-order valence-corrected chi connectivity index (χ3v) is 4.37. The first-order valence-corrected chi connectivity index (χ1v) is 9.03. The summed E-state index contributed by atoms with van der Waals surface area (Å²) in [6.45, 7) is 8.96. The van der Waals surface area contributed by atoms with Crippen molar-refractivity contribution < 1.29 is 13.9 Å². The fourth-order valence-electron chi connectivity index (χ4n) is 2.79. The number of hydrogen-bond donors (Lipinski definition) is 2. The topological polar surface area (TPSA) is 68.0 Å². The molecule has 2 N–H and O–H groups in total. The molecular weight excluding hydrogens is 330 g/mol. The van der Waals surface area contributed by atoms with Crippen LogP contribution < -0.4 is 20.1 Å². The average Bonchev–Trinajstić information content (AvgIpc) is 3.30. The van der Waals surface area contributed by atoms with Gasteiger partial charge < -0.3 is 24.5 Å². The summed E-state index contributed by atoms with van der Waals surface area (Å²) in [7, 11) is 0. The summed E-state index contributed by atoms with van der Waals surface area (Å²) in [5, 5.41) is 6.65. The number of fused-ring (bicyclic) bond motifs is 1. The van der Waals surface area contributed by atoms with Gasteiger partial charge >= 0.3 is 0 Å². The van der Waals surface area contributed by atoms with Crippen LogP contribution in [-0.2, 0) is 11.8 Å². The fourth-order valence-corrected chi connectivity index (χ4v) is 2.79. The van der Waals surface area contributed by atoms with E-state index in [2.05, 4.69) is 43.5 Å². The van der Waals surface area contributed by atoms with Gasteiger partial charge in [-0.2, -0.15) is 0 Å². The van der Waals surface area contributed by atoms with Gasteiger partial charge in [-0.3, -0.25) is 4.99 Å². The Labute approximate surface area is 154 Å². The van der Waals surface area contributed by atoms with Crippen molar-refractivity contribution in [3.05, 3.63) is 47.9 Å². The summed E-state index contributed by atoms with van der Waals surface area (Å²) in [5.74, 6) is 3.39. The Bertz CT molecular complexity index is 739. The van der Waals surface area contributed by atoms with Crippen molar-refractivity contribution in [3.8, 4) is 11.5 Å². The van der Waals surface area contributed by atoms with Crippen LogP contribution in [-0.4, -0.2) is 32.4 Å². The van der Waals surface area contributed by atoms with Gasteiger partial charge in [-0.1, -0.05) is 19.9 Å². The highest BCUT2D eigenvalue weighted by atomic mass is 16.7. The Morgan fingerprint density at radius 2 is 2.00 bits per heavy atom. The largest absolute Gasteiger partial charge is 0.469 e. The predicted molar refractivity (Wildman–Crippen MR) is 102 cm³/mol. The highest BCUT2D eigenvalue weighted by Crippen LogP contribution is 2.36. The molecule has 3 rings (SSSR count). The third kappa shape index (κ3) is 4.50. The molecule has 2 heterocycles. The zero-order valence-electron chi connectivity index (χ0n) is 15.7. The molecule has 0 bridgehead atoms. The van der Waals surface area contributed by atoms with Crippen molar-refractivity contribution in [1.82, 2.24) is 10.6 Å². The summed E-state index contributed by atoms with van der Waals surface area (Å²) >= 11 is 0. The van der Waals surface area contributed by atoms with Crippen LogP contribution in [0, 0.1) is 0 Å². The van der Waals surface area contributed by atoms with Crippen LogP contribution in [0.5, 0.6) is 11.5 Å². The van der Waals surface area contributed by atoms with Crippen molar-refractivity contribution >= 4 is 5.96 Å². The van der Waals surface area contributed by atoms with E-state index in [1.54, 1.807) is 6.26 Å². The molecule has 0 saturated heterocycles. The number of benzene rings is 1. The van der Waals surface area contributed by atoms with Crippen LogP contribution in [0.25, 0.3) is 0 Å². The summed E-state index contributed by atoms with van der Waals surface area (Å²) in [6, 6.07) is 9.99. The molecule has 6 heteroatoms. The maximum absolute atomic E-state index is 5.50. The predicted octanol–water partition coefficient (Wildman–Crippen LogP) is 3.08. The van der Waals surface area contributed by atoms with Crippen LogP contribution in [0.15, 0.2) is 46.0 Å². The second kappa shape index (κ2) is 8.17. The van der Waals surface area contributed by atoms with Crippen molar-refractivity contribution in [2.24, 2.45) is 4.99 Å². The van der Waals surface area contributed by atoms with Crippen LogP contribution in [0.4, 0.5) is 0 Å². The maximum Gasteiger partial charge on any atom is 0.231 e. The lowest BCUT2D eigenvalue weighted by Gasteiger charge is -2.24. The van der Waals surface area contributed by atoms with Gasteiger partial charge in [0.2, 0.25) is 6.79 Å². The normalized spacial score (nSPS) is 13.7. The van der Waals surface area contributed by atoms with Crippen LogP contribution >= 0.6 is 0 Å². The Morgan fingerprint density at radius 1 is 1.15 bits per heavy atom. The SMILES string of the molecule is CCNC(=NCC(C)(C)c1ccc2c(c1)OCO2)NCCc1ccco1. The summed E-state index contributed by atoms with van der Waals surface area (Å²) in [6.07, 6.45) is 2.52. The third-order valence-electron chi connectivity index (χ3n) is 4.37. The molecule has 2 aromatic rings. The number of guanidine groups is 1. The standard InChI is InChI=1S/C20H27N3O3/c1-4-21-19(22-10-9-16-6-5-11-24-16)23-13-20(2,3)15-7-8-17-18(12-15)26-14-25-17/h5-8,11-12H,4,9-10,13-14H2,1-3H3,(H2,21,22,23). The molecule has 6 nitrogen and oxygen atoms in total. The molecule has 0 atom stereocenters. The van der Waals surface area contributed by atoms with Crippen molar-refractivity contribution in [2.45, 2.75) is 32.6 Å². The zero-order valence-corrected chi connectivity index (χ0v) is 15.7. The second-order valence-electron chi connectivity index (χ2n) is 6.90. The molecule has 0 aliphatic carbocycles. The Hall–Kier alpha value is -2.63. The molecule has 1 aliphatic rings. The quantitative estimate of drug-likeness (QED) is 0.589. The number of hydrogen-bond acceptors (Lipinski definition) is 4. The lowest BCUT2D eigenvalue weighted by Crippen LogP contribution is -2.39. The zero-order chi connectivity index (χ0) is 18.4. The summed E-state index contributed by atoms with van der Waals surface area (Å²) in [5.41, 5.74) is 1.06. The molecule has 0 saturated carbocycles. The highest BCUT2D eigenvalue weighted by molar-refractivity contribution is 5.79. The van der Waals surface area contributed by atoms with Crippen molar-refractivity contribution in [1.29, 1.82) is 0 Å². The van der Waals surface area contributed by atoms with Crippen LogP contribution in [0.1, 0.15) is 32.1 Å². The van der Waals surface area contributed by atoms with Crippen LogP contribution in [0.3, 0.4) is 0 Å². The van der Waals surface area contributed by atoms with E-state index in [9.17, 15) is 0 Å². The second-order valence-corrected chi connectivity index (χ2v) is 6.90. The molecule has 0 spiro atoms. The van der Waals surface area contributed by atoms with Crippen molar-refractivity contribution in [2.75, 3.05) is 26.4 Å².